The van der Waals surface area contributed by atoms with E-state index in [4.69, 9.17) is 33.2 Å². The van der Waals surface area contributed by atoms with E-state index in [9.17, 15) is 14.9 Å². The normalized spacial score (nSPS) is 12.6. The van der Waals surface area contributed by atoms with Gasteiger partial charge in [0.15, 0.2) is 0 Å². The van der Waals surface area contributed by atoms with Crippen LogP contribution < -0.4 is 20.1 Å². The van der Waals surface area contributed by atoms with E-state index in [1.54, 1.807) is 14.2 Å². The largest absolute Gasteiger partial charge is 0.497 e. The number of rotatable bonds is 23. The number of carbonyl (C=O) groups excluding carboxylic acids is 2. The van der Waals surface area contributed by atoms with E-state index in [0.717, 1.165) is 44.4 Å². The SMILES string of the molecule is COc1ccc(C(OCC(COP(OCCCC#N)N(C(C)C)C(C)C)NC(=O)CCC(=O)Nc2cc3ccc(C)nc3c3nc(C)ccc23)(c2ccccc2)c2ccc(OC)cc2)cc1. The molecule has 2 aromatic heterocycles. The molecule has 66 heavy (non-hydrogen) atoms. The number of anilines is 1. The summed E-state index contributed by atoms with van der Waals surface area (Å²) in [5.41, 5.74) is 5.10. The second-order valence-corrected chi connectivity index (χ2v) is 18.1. The molecule has 2 heterocycles. The van der Waals surface area contributed by atoms with Crippen LogP contribution in [0, 0.1) is 25.2 Å². The van der Waals surface area contributed by atoms with E-state index in [1.165, 1.54) is 0 Å². The topological polar surface area (TPSA) is 157 Å². The number of carbonyl (C=O) groups is 2. The van der Waals surface area contributed by atoms with Gasteiger partial charge in [-0.05, 0) is 113 Å². The van der Waals surface area contributed by atoms with Gasteiger partial charge in [-0.15, -0.1) is 0 Å². The van der Waals surface area contributed by atoms with Crippen molar-refractivity contribution < 1.29 is 32.8 Å². The number of methoxy groups -OCH3 is 2. The van der Waals surface area contributed by atoms with Crippen molar-refractivity contribution in [3.05, 3.63) is 137 Å². The molecule has 346 valence electrons. The number of benzene rings is 4. The second-order valence-electron chi connectivity index (χ2n) is 16.6. The first kappa shape index (κ1) is 49.4. The van der Waals surface area contributed by atoms with Crippen LogP contribution in [0.3, 0.4) is 0 Å². The minimum atomic E-state index is -1.62. The van der Waals surface area contributed by atoms with Gasteiger partial charge in [0.1, 0.15) is 17.1 Å². The zero-order chi connectivity index (χ0) is 47.2. The molecule has 14 heteroatoms. The van der Waals surface area contributed by atoms with Crippen LogP contribution in [-0.4, -0.2) is 78.6 Å². The summed E-state index contributed by atoms with van der Waals surface area (Å²) in [6, 6.07) is 36.7. The molecule has 0 aliphatic carbocycles. The number of nitrogens with one attached hydrogen (secondary N) is 2. The Balaban J connectivity index is 1.30. The number of unbranched alkanes of at least 4 members (excludes halogenated alkanes) is 1. The van der Waals surface area contributed by atoms with Crippen molar-refractivity contribution in [2.45, 2.75) is 91.0 Å². The Labute approximate surface area is 389 Å². The van der Waals surface area contributed by atoms with Gasteiger partial charge in [0.2, 0.25) is 11.8 Å². The number of nitrogens with zero attached hydrogens (tertiary/aromatic N) is 4. The lowest BCUT2D eigenvalue weighted by atomic mass is 9.80. The molecule has 4 aromatic carbocycles. The number of fused-ring (bicyclic) bond motifs is 3. The summed E-state index contributed by atoms with van der Waals surface area (Å²) in [5.74, 6) is 0.699. The summed E-state index contributed by atoms with van der Waals surface area (Å²) in [6.45, 7) is 12.5. The minimum absolute atomic E-state index is 0.00510. The molecule has 2 unspecified atom stereocenters. The third-order valence-electron chi connectivity index (χ3n) is 11.1. The summed E-state index contributed by atoms with van der Waals surface area (Å²) in [4.78, 5) is 37.2. The van der Waals surface area contributed by atoms with Crippen molar-refractivity contribution in [3.63, 3.8) is 0 Å². The molecule has 0 aliphatic rings. The zero-order valence-corrected chi connectivity index (χ0v) is 40.1. The Hall–Kier alpha value is -6.00. The van der Waals surface area contributed by atoms with Gasteiger partial charge in [-0.1, -0.05) is 60.7 Å². The highest BCUT2D eigenvalue weighted by molar-refractivity contribution is 7.44. The quantitative estimate of drug-likeness (QED) is 0.0273. The number of hydrogen-bond donors (Lipinski definition) is 2. The molecule has 0 spiro atoms. The third-order valence-corrected chi connectivity index (χ3v) is 13.1. The van der Waals surface area contributed by atoms with Crippen molar-refractivity contribution in [3.8, 4) is 17.6 Å². The minimum Gasteiger partial charge on any atom is -0.497 e. The number of ether oxygens (including phenoxy) is 3. The van der Waals surface area contributed by atoms with Crippen LogP contribution >= 0.6 is 8.53 Å². The summed E-state index contributed by atoms with van der Waals surface area (Å²) in [5, 5.41) is 17.0. The van der Waals surface area contributed by atoms with Gasteiger partial charge in [-0.2, -0.15) is 5.26 Å². The molecule has 0 fully saturated rings. The summed E-state index contributed by atoms with van der Waals surface area (Å²) < 4.78 is 33.5. The molecule has 2 N–H and O–H groups in total. The maximum absolute atomic E-state index is 14.1. The van der Waals surface area contributed by atoms with Crippen molar-refractivity contribution in [1.82, 2.24) is 20.0 Å². The summed E-state index contributed by atoms with van der Waals surface area (Å²) in [7, 11) is 1.63. The second kappa shape index (κ2) is 23.4. The van der Waals surface area contributed by atoms with Crippen LogP contribution in [-0.2, 0) is 29.0 Å². The summed E-state index contributed by atoms with van der Waals surface area (Å²) >= 11 is 0. The van der Waals surface area contributed by atoms with Gasteiger partial charge >= 0.3 is 0 Å². The molecule has 13 nitrogen and oxygen atoms in total. The maximum atomic E-state index is 14.1. The van der Waals surface area contributed by atoms with Crippen LogP contribution in [0.5, 0.6) is 11.5 Å². The van der Waals surface area contributed by atoms with Gasteiger partial charge in [-0.3, -0.25) is 19.6 Å². The Morgan fingerprint density at radius 3 is 1.89 bits per heavy atom. The molecule has 6 aromatic rings. The van der Waals surface area contributed by atoms with Crippen LogP contribution in [0.4, 0.5) is 5.69 Å². The van der Waals surface area contributed by atoms with Crippen LogP contribution in [0.25, 0.3) is 21.8 Å². The standard InChI is InChI=1S/C52H61N6O7P/c1-35(2)58(36(3)4)66(64-31-13-12-30-53)65-34-43(56-48(59)28-29-49(60)57-47-32-39-18-16-37(5)54-50(39)51-46(47)27-17-38(6)55-51)33-63-52(40-14-10-9-11-15-40,41-19-23-44(61-7)24-20-41)42-21-25-45(62-8)26-22-42/h9-11,14-27,32,35-36,43H,12-13,28-29,31,33-34H2,1-8H3,(H,56,59)(H,57,60). The predicted molar refractivity (Wildman–Crippen MR) is 260 cm³/mol. The average Bonchev–Trinajstić information content (AvgIpc) is 3.32. The molecule has 0 bridgehead atoms. The average molecular weight is 913 g/mol. The van der Waals surface area contributed by atoms with Gasteiger partial charge < -0.3 is 33.9 Å². The van der Waals surface area contributed by atoms with Crippen LogP contribution in [0.2, 0.25) is 0 Å². The molecule has 0 saturated carbocycles. The number of pyridine rings is 2. The lowest BCUT2D eigenvalue weighted by molar-refractivity contribution is -0.125. The fraction of sp³-hybridized carbons (Fsp3) is 0.365. The summed E-state index contributed by atoms with van der Waals surface area (Å²) in [6.07, 6.45) is 0.727. The molecular weight excluding hydrogens is 852 g/mol. The Morgan fingerprint density at radius 1 is 0.727 bits per heavy atom. The van der Waals surface area contributed by atoms with E-state index in [2.05, 4.69) is 49.1 Å². The number of hydrogen-bond acceptors (Lipinski definition) is 11. The molecular formula is C52H61N6O7P. The van der Waals surface area contributed by atoms with Crippen molar-refractivity contribution >= 4 is 47.8 Å². The zero-order valence-electron chi connectivity index (χ0n) is 39.2. The fourth-order valence-corrected chi connectivity index (χ4v) is 9.62. The highest BCUT2D eigenvalue weighted by atomic mass is 31.2. The van der Waals surface area contributed by atoms with E-state index < -0.39 is 20.2 Å². The Bertz CT molecular complexity index is 2530. The number of aromatic nitrogens is 2. The molecule has 0 saturated heterocycles. The molecule has 2 atom stereocenters. The number of amides is 2. The lowest BCUT2D eigenvalue weighted by Gasteiger charge is -2.38. The maximum Gasteiger partial charge on any atom is 0.259 e. The monoisotopic (exact) mass is 912 g/mol. The first-order valence-corrected chi connectivity index (χ1v) is 23.5. The third kappa shape index (κ3) is 12.3. The predicted octanol–water partition coefficient (Wildman–Crippen LogP) is 10.3. The van der Waals surface area contributed by atoms with Gasteiger partial charge in [0.05, 0.1) is 62.9 Å². The van der Waals surface area contributed by atoms with Gasteiger partial charge in [0.25, 0.3) is 8.53 Å². The molecule has 6 rings (SSSR count). The van der Waals surface area contributed by atoms with Gasteiger partial charge in [0, 0.05) is 53.5 Å². The van der Waals surface area contributed by atoms with E-state index in [-0.39, 0.29) is 50.0 Å². The van der Waals surface area contributed by atoms with E-state index in [0.29, 0.717) is 42.2 Å². The lowest BCUT2D eigenvalue weighted by Crippen LogP contribution is -2.45. The Kier molecular flexibility index (Phi) is 17.6. The fourth-order valence-electron chi connectivity index (χ4n) is 7.93. The van der Waals surface area contributed by atoms with Gasteiger partial charge in [-0.25, -0.2) is 4.67 Å². The van der Waals surface area contributed by atoms with Crippen molar-refractivity contribution in [1.29, 1.82) is 5.26 Å². The molecule has 2 amide bonds. The van der Waals surface area contributed by atoms with Crippen LogP contribution in [0.15, 0.2) is 109 Å². The smallest absolute Gasteiger partial charge is 0.259 e. The molecule has 0 aliphatic heterocycles. The first-order valence-electron chi connectivity index (χ1n) is 22.3. The Morgan fingerprint density at radius 2 is 1.30 bits per heavy atom. The highest BCUT2D eigenvalue weighted by Gasteiger charge is 2.39. The van der Waals surface area contributed by atoms with Crippen LogP contribution in [0.1, 0.15) is 81.5 Å². The van der Waals surface area contributed by atoms with E-state index >= 15 is 0 Å². The van der Waals surface area contributed by atoms with Crippen molar-refractivity contribution in [2.24, 2.45) is 0 Å². The highest BCUT2D eigenvalue weighted by Crippen LogP contribution is 2.47. The first-order chi connectivity index (χ1) is 31.9. The molecule has 0 radical (unpaired) electrons. The number of aryl methyl sites for hydroxylation is 2. The van der Waals surface area contributed by atoms with E-state index in [1.807, 2.05) is 123 Å². The number of nitriles is 1. The van der Waals surface area contributed by atoms with Crippen molar-refractivity contribution in [2.75, 3.05) is 39.4 Å².